The number of carbonyl (C=O) groups excluding carboxylic acids is 1. The Hall–Kier alpha value is -2.41. The zero-order valence-corrected chi connectivity index (χ0v) is 17.9. The Bertz CT molecular complexity index is 843. The standard InChI is InChI=1S/C21H32N6O/c1-7-26-10-8-17(13-26)12-25(6)21(28)19-22-16(3)15(2)20(23-19)27-11-9-18(14-27)24(4)5/h8,10,13,18H,7,9,11-12,14H2,1-6H3/t18-/m1/s1. The average Bonchev–Trinajstić information content (AvgIpc) is 3.32. The molecule has 7 heteroatoms. The Morgan fingerprint density at radius 2 is 2.00 bits per heavy atom. The van der Waals surface area contributed by atoms with Crippen molar-refractivity contribution in [2.45, 2.75) is 46.3 Å². The first-order valence-electron chi connectivity index (χ1n) is 9.96. The van der Waals surface area contributed by atoms with E-state index in [4.69, 9.17) is 4.98 Å². The first kappa shape index (κ1) is 20.3. The number of rotatable bonds is 6. The molecule has 0 radical (unpaired) electrons. The van der Waals surface area contributed by atoms with Gasteiger partial charge in [0.15, 0.2) is 0 Å². The fraction of sp³-hybridized carbons (Fsp3) is 0.571. The molecule has 1 amide bonds. The summed E-state index contributed by atoms with van der Waals surface area (Å²) in [5, 5.41) is 0. The van der Waals surface area contributed by atoms with Crippen molar-refractivity contribution in [3.05, 3.63) is 41.1 Å². The van der Waals surface area contributed by atoms with Gasteiger partial charge in [0.2, 0.25) is 5.82 Å². The van der Waals surface area contributed by atoms with E-state index in [0.717, 1.165) is 48.7 Å². The Morgan fingerprint density at radius 1 is 1.25 bits per heavy atom. The summed E-state index contributed by atoms with van der Waals surface area (Å²) in [6.07, 6.45) is 5.21. The van der Waals surface area contributed by atoms with Crippen molar-refractivity contribution in [3.8, 4) is 0 Å². The lowest BCUT2D eigenvalue weighted by atomic mass is 10.2. The fourth-order valence-electron chi connectivity index (χ4n) is 3.67. The molecule has 28 heavy (non-hydrogen) atoms. The predicted octanol–water partition coefficient (Wildman–Crippen LogP) is 2.33. The van der Waals surface area contributed by atoms with Crippen LogP contribution in [0.15, 0.2) is 18.5 Å². The Balaban J connectivity index is 1.79. The van der Waals surface area contributed by atoms with Gasteiger partial charge in [0.05, 0.1) is 0 Å². The van der Waals surface area contributed by atoms with Crippen molar-refractivity contribution in [2.75, 3.05) is 39.1 Å². The highest BCUT2D eigenvalue weighted by Crippen LogP contribution is 2.25. The highest BCUT2D eigenvalue weighted by molar-refractivity contribution is 5.90. The normalized spacial score (nSPS) is 16.8. The van der Waals surface area contributed by atoms with E-state index in [0.29, 0.717) is 12.6 Å². The van der Waals surface area contributed by atoms with Gasteiger partial charge in [-0.25, -0.2) is 9.97 Å². The van der Waals surface area contributed by atoms with Crippen LogP contribution in [0.1, 0.15) is 40.8 Å². The van der Waals surface area contributed by atoms with Gasteiger partial charge in [-0.1, -0.05) is 0 Å². The van der Waals surface area contributed by atoms with E-state index in [9.17, 15) is 4.79 Å². The number of nitrogens with zero attached hydrogens (tertiary/aromatic N) is 6. The number of hydrogen-bond donors (Lipinski definition) is 0. The van der Waals surface area contributed by atoms with Gasteiger partial charge in [-0.2, -0.15) is 0 Å². The summed E-state index contributed by atoms with van der Waals surface area (Å²) in [5.41, 5.74) is 3.03. The topological polar surface area (TPSA) is 57.5 Å². The minimum Gasteiger partial charge on any atom is -0.355 e. The first-order valence-corrected chi connectivity index (χ1v) is 9.96. The van der Waals surface area contributed by atoms with Crippen LogP contribution in [0.4, 0.5) is 5.82 Å². The number of carbonyl (C=O) groups is 1. The highest BCUT2D eigenvalue weighted by atomic mass is 16.2. The Morgan fingerprint density at radius 3 is 2.61 bits per heavy atom. The van der Waals surface area contributed by atoms with Crippen LogP contribution in [-0.2, 0) is 13.1 Å². The monoisotopic (exact) mass is 384 g/mol. The summed E-state index contributed by atoms with van der Waals surface area (Å²) in [5.74, 6) is 1.03. The largest absolute Gasteiger partial charge is 0.355 e. The lowest BCUT2D eigenvalue weighted by Crippen LogP contribution is -2.33. The maximum absolute atomic E-state index is 13.0. The van der Waals surface area contributed by atoms with Crippen molar-refractivity contribution in [1.29, 1.82) is 0 Å². The number of likely N-dealkylation sites (N-methyl/N-ethyl adjacent to an activating group) is 1. The number of aromatic nitrogens is 3. The van der Waals surface area contributed by atoms with Gasteiger partial charge in [0, 0.05) is 62.9 Å². The van der Waals surface area contributed by atoms with E-state index in [1.54, 1.807) is 4.90 Å². The lowest BCUT2D eigenvalue weighted by Gasteiger charge is -2.24. The smallest absolute Gasteiger partial charge is 0.291 e. The summed E-state index contributed by atoms with van der Waals surface area (Å²) >= 11 is 0. The molecule has 1 saturated heterocycles. The molecule has 3 rings (SSSR count). The van der Waals surface area contributed by atoms with Gasteiger partial charge < -0.3 is 19.3 Å². The van der Waals surface area contributed by atoms with E-state index in [-0.39, 0.29) is 11.7 Å². The zero-order chi connectivity index (χ0) is 20.4. The minimum atomic E-state index is -0.142. The van der Waals surface area contributed by atoms with Crippen LogP contribution in [0.25, 0.3) is 0 Å². The second kappa shape index (κ2) is 8.31. The zero-order valence-electron chi connectivity index (χ0n) is 17.9. The van der Waals surface area contributed by atoms with E-state index in [2.05, 4.69) is 46.6 Å². The molecule has 7 nitrogen and oxygen atoms in total. The number of hydrogen-bond acceptors (Lipinski definition) is 5. The predicted molar refractivity (Wildman–Crippen MR) is 112 cm³/mol. The maximum atomic E-state index is 13.0. The molecule has 0 saturated carbocycles. The fourth-order valence-corrected chi connectivity index (χ4v) is 3.67. The van der Waals surface area contributed by atoms with Crippen LogP contribution in [-0.4, -0.2) is 70.5 Å². The maximum Gasteiger partial charge on any atom is 0.291 e. The van der Waals surface area contributed by atoms with Gasteiger partial charge >= 0.3 is 0 Å². The van der Waals surface area contributed by atoms with Crippen molar-refractivity contribution in [1.82, 2.24) is 24.3 Å². The van der Waals surface area contributed by atoms with Crippen LogP contribution >= 0.6 is 0 Å². The average molecular weight is 385 g/mol. The molecule has 0 N–H and O–H groups in total. The van der Waals surface area contributed by atoms with E-state index in [1.165, 1.54) is 0 Å². The van der Waals surface area contributed by atoms with Gasteiger partial charge in [0.1, 0.15) is 5.82 Å². The molecular formula is C21H32N6O. The van der Waals surface area contributed by atoms with Gasteiger partial charge in [-0.15, -0.1) is 0 Å². The second-order valence-electron chi connectivity index (χ2n) is 7.94. The van der Waals surface area contributed by atoms with Gasteiger partial charge in [-0.3, -0.25) is 4.79 Å². The number of aryl methyl sites for hydroxylation is 2. The van der Waals surface area contributed by atoms with Crippen LogP contribution in [0.2, 0.25) is 0 Å². The summed E-state index contributed by atoms with van der Waals surface area (Å²) in [6, 6.07) is 2.56. The first-order chi connectivity index (χ1) is 13.3. The molecule has 0 bridgehead atoms. The minimum absolute atomic E-state index is 0.142. The summed E-state index contributed by atoms with van der Waals surface area (Å²) in [6.45, 7) is 9.45. The molecule has 0 aromatic carbocycles. The Labute approximate surface area is 168 Å². The van der Waals surface area contributed by atoms with Crippen LogP contribution < -0.4 is 4.90 Å². The van der Waals surface area contributed by atoms with Gasteiger partial charge in [-0.05, 0) is 52.9 Å². The van der Waals surface area contributed by atoms with Crippen LogP contribution in [0, 0.1) is 13.8 Å². The van der Waals surface area contributed by atoms with Gasteiger partial charge in [0.25, 0.3) is 5.91 Å². The molecule has 1 aliphatic heterocycles. The lowest BCUT2D eigenvalue weighted by molar-refractivity contribution is 0.0772. The molecule has 3 heterocycles. The molecule has 1 atom stereocenters. The molecule has 0 unspecified atom stereocenters. The van der Waals surface area contributed by atoms with Crippen LogP contribution in [0.5, 0.6) is 0 Å². The third-order valence-corrected chi connectivity index (χ3v) is 5.69. The third-order valence-electron chi connectivity index (χ3n) is 5.69. The Kier molecular flexibility index (Phi) is 6.03. The molecular weight excluding hydrogens is 352 g/mol. The summed E-state index contributed by atoms with van der Waals surface area (Å²) < 4.78 is 2.10. The molecule has 2 aromatic heterocycles. The molecule has 152 valence electrons. The van der Waals surface area contributed by atoms with E-state index >= 15 is 0 Å². The molecule has 1 aliphatic rings. The molecule has 1 fully saturated rings. The third kappa shape index (κ3) is 4.19. The van der Waals surface area contributed by atoms with E-state index < -0.39 is 0 Å². The van der Waals surface area contributed by atoms with Crippen molar-refractivity contribution < 1.29 is 4.79 Å². The quantitative estimate of drug-likeness (QED) is 0.765. The SMILES string of the molecule is CCn1ccc(CN(C)C(=O)c2nc(C)c(C)c(N3CC[C@@H](N(C)C)C3)n2)c1. The van der Waals surface area contributed by atoms with E-state index in [1.807, 2.05) is 33.2 Å². The molecule has 0 spiro atoms. The summed E-state index contributed by atoms with van der Waals surface area (Å²) in [4.78, 5) is 28.4. The van der Waals surface area contributed by atoms with Crippen molar-refractivity contribution in [2.24, 2.45) is 0 Å². The van der Waals surface area contributed by atoms with Crippen molar-refractivity contribution >= 4 is 11.7 Å². The second-order valence-corrected chi connectivity index (χ2v) is 7.94. The molecule has 0 aliphatic carbocycles. The van der Waals surface area contributed by atoms with Crippen molar-refractivity contribution in [3.63, 3.8) is 0 Å². The number of amides is 1. The highest BCUT2D eigenvalue weighted by Gasteiger charge is 2.28. The molecule has 2 aromatic rings. The number of anilines is 1. The summed E-state index contributed by atoms with van der Waals surface area (Å²) in [7, 11) is 6.03. The van der Waals surface area contributed by atoms with Crippen LogP contribution in [0.3, 0.4) is 0 Å².